The number of nitrogens with zero attached hydrogens (tertiary/aromatic N) is 2. The fourth-order valence-electron chi connectivity index (χ4n) is 3.67. The van der Waals surface area contributed by atoms with Gasteiger partial charge in [-0.3, -0.25) is 9.80 Å². The van der Waals surface area contributed by atoms with E-state index in [1.165, 1.54) is 64.7 Å². The summed E-state index contributed by atoms with van der Waals surface area (Å²) < 4.78 is 0. The van der Waals surface area contributed by atoms with E-state index < -0.39 is 0 Å². The molecule has 1 saturated heterocycles. The minimum absolute atomic E-state index is 0.773. The maximum Gasteiger partial charge on any atom is 0.0113 e. The number of nitrogens with one attached hydrogen (secondary N) is 1. The summed E-state index contributed by atoms with van der Waals surface area (Å²) in [5, 5.41) is 3.47. The molecule has 0 radical (unpaired) electrons. The molecule has 0 aromatic carbocycles. The summed E-state index contributed by atoms with van der Waals surface area (Å²) in [6.07, 6.45) is 8.53. The Labute approximate surface area is 106 Å². The van der Waals surface area contributed by atoms with E-state index in [1.54, 1.807) is 0 Å². The lowest BCUT2D eigenvalue weighted by Crippen LogP contribution is -2.53. The summed E-state index contributed by atoms with van der Waals surface area (Å²) >= 11 is 0. The average Bonchev–Trinajstić information content (AvgIpc) is 3.23. The highest BCUT2D eigenvalue weighted by atomic mass is 15.3. The van der Waals surface area contributed by atoms with Gasteiger partial charge < -0.3 is 5.32 Å². The standard InChI is InChI=1S/C14H27N3/c1-15-12-3-2-4-14(11-12)17-9-7-16(8-10-17)13-5-6-13/h12-15H,2-11H2,1H3/t12-,14+/m1/s1. The van der Waals surface area contributed by atoms with Gasteiger partial charge in [0, 0.05) is 44.3 Å². The van der Waals surface area contributed by atoms with E-state index in [1.807, 2.05) is 0 Å². The Kier molecular flexibility index (Phi) is 3.69. The van der Waals surface area contributed by atoms with Gasteiger partial charge in [0.15, 0.2) is 0 Å². The van der Waals surface area contributed by atoms with Crippen LogP contribution in [0.2, 0.25) is 0 Å². The van der Waals surface area contributed by atoms with Gasteiger partial charge >= 0.3 is 0 Å². The largest absolute Gasteiger partial charge is 0.317 e. The molecule has 0 bridgehead atoms. The summed E-state index contributed by atoms with van der Waals surface area (Å²) in [6, 6.07) is 2.60. The molecule has 3 nitrogen and oxygen atoms in total. The lowest BCUT2D eigenvalue weighted by molar-refractivity contribution is 0.0691. The third kappa shape index (κ3) is 2.83. The zero-order valence-electron chi connectivity index (χ0n) is 11.2. The smallest absolute Gasteiger partial charge is 0.0113 e. The van der Waals surface area contributed by atoms with Gasteiger partial charge in [-0.1, -0.05) is 6.42 Å². The summed E-state index contributed by atoms with van der Waals surface area (Å²) in [5.74, 6) is 0. The van der Waals surface area contributed by atoms with Crippen LogP contribution < -0.4 is 5.32 Å². The molecule has 3 aliphatic rings. The van der Waals surface area contributed by atoms with Crippen LogP contribution in [0, 0.1) is 0 Å². The fraction of sp³-hybridized carbons (Fsp3) is 1.00. The number of hydrogen-bond acceptors (Lipinski definition) is 3. The van der Waals surface area contributed by atoms with Gasteiger partial charge in [0.25, 0.3) is 0 Å². The Morgan fingerprint density at radius 1 is 0.824 bits per heavy atom. The minimum atomic E-state index is 0.773. The van der Waals surface area contributed by atoms with Crippen LogP contribution in [0.4, 0.5) is 0 Å². The van der Waals surface area contributed by atoms with Crippen molar-refractivity contribution in [2.24, 2.45) is 0 Å². The van der Waals surface area contributed by atoms with E-state index in [9.17, 15) is 0 Å². The molecule has 17 heavy (non-hydrogen) atoms. The molecule has 3 heteroatoms. The Morgan fingerprint density at radius 3 is 2.06 bits per heavy atom. The highest BCUT2D eigenvalue weighted by molar-refractivity contribution is 4.90. The molecule has 2 saturated carbocycles. The average molecular weight is 237 g/mol. The molecule has 0 spiro atoms. The van der Waals surface area contributed by atoms with Gasteiger partial charge in [-0.15, -0.1) is 0 Å². The van der Waals surface area contributed by atoms with E-state index in [0.717, 1.165) is 18.1 Å². The van der Waals surface area contributed by atoms with Crippen molar-refractivity contribution < 1.29 is 0 Å². The first kappa shape index (κ1) is 11.9. The summed E-state index contributed by atoms with van der Waals surface area (Å²) in [4.78, 5) is 5.48. The quantitative estimate of drug-likeness (QED) is 0.798. The monoisotopic (exact) mass is 237 g/mol. The summed E-state index contributed by atoms with van der Waals surface area (Å²) in [5.41, 5.74) is 0. The predicted molar refractivity (Wildman–Crippen MR) is 71.3 cm³/mol. The van der Waals surface area contributed by atoms with Crippen LogP contribution in [-0.2, 0) is 0 Å². The first-order valence-electron chi connectivity index (χ1n) is 7.52. The van der Waals surface area contributed by atoms with Crippen molar-refractivity contribution >= 4 is 0 Å². The summed E-state index contributed by atoms with van der Waals surface area (Å²) in [7, 11) is 2.12. The molecule has 0 aromatic heterocycles. The van der Waals surface area contributed by atoms with Gasteiger partial charge in [-0.2, -0.15) is 0 Å². The number of rotatable bonds is 3. The first-order chi connectivity index (χ1) is 8.36. The first-order valence-corrected chi connectivity index (χ1v) is 7.52. The molecule has 0 aromatic rings. The summed E-state index contributed by atoms with van der Waals surface area (Å²) in [6.45, 7) is 5.28. The molecule has 1 aliphatic heterocycles. The molecule has 0 unspecified atom stereocenters. The molecular weight excluding hydrogens is 210 g/mol. The van der Waals surface area contributed by atoms with Crippen molar-refractivity contribution in [3.8, 4) is 0 Å². The van der Waals surface area contributed by atoms with Crippen molar-refractivity contribution in [2.45, 2.75) is 56.7 Å². The van der Waals surface area contributed by atoms with Gasteiger partial charge in [0.2, 0.25) is 0 Å². The highest BCUT2D eigenvalue weighted by Gasteiger charge is 2.33. The van der Waals surface area contributed by atoms with Crippen molar-refractivity contribution in [1.29, 1.82) is 0 Å². The molecule has 1 N–H and O–H groups in total. The third-order valence-electron chi connectivity index (χ3n) is 4.98. The third-order valence-corrected chi connectivity index (χ3v) is 4.98. The van der Waals surface area contributed by atoms with Crippen molar-refractivity contribution in [1.82, 2.24) is 15.1 Å². The van der Waals surface area contributed by atoms with Gasteiger partial charge in [0.1, 0.15) is 0 Å². The lowest BCUT2D eigenvalue weighted by atomic mass is 9.89. The molecule has 0 amide bonds. The van der Waals surface area contributed by atoms with Crippen LogP contribution in [0.1, 0.15) is 38.5 Å². The second-order valence-corrected chi connectivity index (χ2v) is 6.11. The lowest BCUT2D eigenvalue weighted by Gasteiger charge is -2.42. The predicted octanol–water partition coefficient (Wildman–Crippen LogP) is 1.30. The number of piperazine rings is 1. The molecule has 3 rings (SSSR count). The minimum Gasteiger partial charge on any atom is -0.317 e. The Morgan fingerprint density at radius 2 is 1.47 bits per heavy atom. The van der Waals surface area contributed by atoms with Crippen molar-refractivity contribution in [3.05, 3.63) is 0 Å². The maximum atomic E-state index is 3.47. The molecule has 1 heterocycles. The zero-order chi connectivity index (χ0) is 11.7. The second-order valence-electron chi connectivity index (χ2n) is 6.11. The molecule has 3 fully saturated rings. The van der Waals surface area contributed by atoms with Crippen LogP contribution in [0.25, 0.3) is 0 Å². The molecule has 98 valence electrons. The van der Waals surface area contributed by atoms with E-state index in [0.29, 0.717) is 0 Å². The van der Waals surface area contributed by atoms with Crippen LogP contribution in [0.5, 0.6) is 0 Å². The Hall–Kier alpha value is -0.120. The normalized spacial score (nSPS) is 37.2. The van der Waals surface area contributed by atoms with E-state index >= 15 is 0 Å². The Balaban J connectivity index is 1.48. The van der Waals surface area contributed by atoms with Crippen LogP contribution in [0.15, 0.2) is 0 Å². The topological polar surface area (TPSA) is 18.5 Å². The van der Waals surface area contributed by atoms with Crippen molar-refractivity contribution in [2.75, 3.05) is 33.2 Å². The molecular formula is C14H27N3. The fourth-order valence-corrected chi connectivity index (χ4v) is 3.67. The Bertz CT molecular complexity index is 244. The van der Waals surface area contributed by atoms with E-state index in [-0.39, 0.29) is 0 Å². The SMILES string of the molecule is CN[C@@H]1CCC[C@H](N2CCN(C3CC3)CC2)C1. The van der Waals surface area contributed by atoms with Gasteiger partial charge in [-0.05, 0) is 39.2 Å². The highest BCUT2D eigenvalue weighted by Crippen LogP contribution is 2.29. The van der Waals surface area contributed by atoms with Crippen LogP contribution in [-0.4, -0.2) is 61.2 Å². The van der Waals surface area contributed by atoms with Gasteiger partial charge in [-0.25, -0.2) is 0 Å². The number of hydrogen-bond donors (Lipinski definition) is 1. The van der Waals surface area contributed by atoms with Crippen LogP contribution >= 0.6 is 0 Å². The van der Waals surface area contributed by atoms with Gasteiger partial charge in [0.05, 0.1) is 0 Å². The van der Waals surface area contributed by atoms with Crippen molar-refractivity contribution in [3.63, 3.8) is 0 Å². The van der Waals surface area contributed by atoms with E-state index in [2.05, 4.69) is 22.2 Å². The van der Waals surface area contributed by atoms with Crippen LogP contribution in [0.3, 0.4) is 0 Å². The van der Waals surface area contributed by atoms with E-state index in [4.69, 9.17) is 0 Å². The maximum absolute atomic E-state index is 3.47. The molecule has 2 aliphatic carbocycles. The zero-order valence-corrected chi connectivity index (χ0v) is 11.2. The second kappa shape index (κ2) is 5.25. The molecule has 2 atom stereocenters.